The van der Waals surface area contributed by atoms with E-state index in [4.69, 9.17) is 0 Å². The zero-order valence-electron chi connectivity index (χ0n) is 17.9. The number of carbonyl (C=O) groups excluding carboxylic acids is 3. The van der Waals surface area contributed by atoms with E-state index in [0.29, 0.717) is 29.0 Å². The molecular formula is C25H26N4O3. The summed E-state index contributed by atoms with van der Waals surface area (Å²) in [6.45, 7) is 2.02. The number of hydrogen-bond donors (Lipinski definition) is 4. The van der Waals surface area contributed by atoms with Gasteiger partial charge in [-0.1, -0.05) is 31.2 Å². The van der Waals surface area contributed by atoms with Gasteiger partial charge in [0.25, 0.3) is 5.91 Å². The second kappa shape index (κ2) is 11.3. The number of anilines is 4. The molecule has 0 aromatic heterocycles. The maximum Gasteiger partial charge on any atom is 0.255 e. The number of benzene rings is 3. The smallest absolute Gasteiger partial charge is 0.255 e. The first-order chi connectivity index (χ1) is 15.5. The van der Waals surface area contributed by atoms with Crippen LogP contribution < -0.4 is 21.3 Å². The molecule has 0 saturated heterocycles. The summed E-state index contributed by atoms with van der Waals surface area (Å²) in [4.78, 5) is 36.2. The van der Waals surface area contributed by atoms with Crippen LogP contribution in [-0.2, 0) is 9.59 Å². The van der Waals surface area contributed by atoms with Crippen LogP contribution >= 0.6 is 0 Å². The van der Waals surface area contributed by atoms with Gasteiger partial charge in [0, 0.05) is 34.7 Å². The monoisotopic (exact) mass is 430 g/mol. The summed E-state index contributed by atoms with van der Waals surface area (Å²) < 4.78 is 0. The minimum atomic E-state index is -0.225. The lowest BCUT2D eigenvalue weighted by Crippen LogP contribution is -2.22. The van der Waals surface area contributed by atoms with Crippen LogP contribution in [0, 0.1) is 0 Å². The molecule has 3 amide bonds. The summed E-state index contributed by atoms with van der Waals surface area (Å²) in [6, 6.07) is 23.1. The first-order valence-electron chi connectivity index (χ1n) is 10.4. The quantitative estimate of drug-likeness (QED) is 0.394. The molecule has 3 rings (SSSR count). The number of hydrogen-bond acceptors (Lipinski definition) is 4. The van der Waals surface area contributed by atoms with Gasteiger partial charge in [0.15, 0.2) is 0 Å². The predicted octanol–water partition coefficient (Wildman–Crippen LogP) is 4.73. The fourth-order valence-corrected chi connectivity index (χ4v) is 2.98. The molecule has 3 aromatic carbocycles. The van der Waals surface area contributed by atoms with Crippen LogP contribution in [0.2, 0.25) is 0 Å². The molecule has 4 N–H and O–H groups in total. The third-order valence-electron chi connectivity index (χ3n) is 4.54. The molecule has 0 aliphatic rings. The van der Waals surface area contributed by atoms with Gasteiger partial charge in [-0.05, 0) is 61.0 Å². The second-order valence-corrected chi connectivity index (χ2v) is 7.18. The van der Waals surface area contributed by atoms with Crippen molar-refractivity contribution in [1.82, 2.24) is 0 Å². The van der Waals surface area contributed by atoms with Gasteiger partial charge in [-0.3, -0.25) is 14.4 Å². The predicted molar refractivity (Wildman–Crippen MR) is 128 cm³/mol. The van der Waals surface area contributed by atoms with Crippen molar-refractivity contribution >= 4 is 40.5 Å². The Balaban J connectivity index is 1.49. The van der Waals surface area contributed by atoms with E-state index in [2.05, 4.69) is 21.3 Å². The number of nitrogens with one attached hydrogen (secondary N) is 4. The molecule has 0 heterocycles. The van der Waals surface area contributed by atoms with E-state index in [1.807, 2.05) is 13.0 Å². The van der Waals surface area contributed by atoms with Gasteiger partial charge in [-0.25, -0.2) is 0 Å². The van der Waals surface area contributed by atoms with Crippen LogP contribution in [0.4, 0.5) is 22.7 Å². The van der Waals surface area contributed by atoms with Crippen LogP contribution in [0.5, 0.6) is 0 Å². The lowest BCUT2D eigenvalue weighted by atomic mass is 10.2. The van der Waals surface area contributed by atoms with Crippen molar-refractivity contribution in [3.63, 3.8) is 0 Å². The van der Waals surface area contributed by atoms with E-state index in [1.165, 1.54) is 0 Å². The molecule has 0 saturated carbocycles. The van der Waals surface area contributed by atoms with E-state index >= 15 is 0 Å². The Kier molecular flexibility index (Phi) is 7.97. The topological polar surface area (TPSA) is 99.3 Å². The average molecular weight is 431 g/mol. The molecule has 0 unspecified atom stereocenters. The highest BCUT2D eigenvalue weighted by Crippen LogP contribution is 2.17. The molecule has 7 nitrogen and oxygen atoms in total. The maximum atomic E-state index is 12.3. The Labute approximate surface area is 187 Å². The molecule has 0 spiro atoms. The molecule has 0 bridgehead atoms. The van der Waals surface area contributed by atoms with Crippen molar-refractivity contribution in [2.24, 2.45) is 0 Å². The Bertz CT molecular complexity index is 1070. The third kappa shape index (κ3) is 6.98. The van der Waals surface area contributed by atoms with Gasteiger partial charge < -0.3 is 21.3 Å². The van der Waals surface area contributed by atoms with Crippen molar-refractivity contribution in [2.45, 2.75) is 19.8 Å². The minimum Gasteiger partial charge on any atom is -0.376 e. The van der Waals surface area contributed by atoms with Gasteiger partial charge in [-0.2, -0.15) is 0 Å². The summed E-state index contributed by atoms with van der Waals surface area (Å²) in [7, 11) is 0. The molecule has 0 fully saturated rings. The van der Waals surface area contributed by atoms with Crippen LogP contribution in [0.1, 0.15) is 30.1 Å². The first kappa shape index (κ1) is 22.6. The standard InChI is InChI=1S/C25H26N4O3/c1-2-7-23(30)27-20-14-12-19(13-15-20)26-17-24(31)28-21-10-6-11-22(16-21)29-25(32)18-8-4-3-5-9-18/h3-6,8-16,26H,2,7,17H2,1H3,(H,27,30)(H,28,31)(H,29,32). The molecule has 0 aliphatic heterocycles. The molecule has 0 radical (unpaired) electrons. The average Bonchev–Trinajstić information content (AvgIpc) is 2.79. The summed E-state index contributed by atoms with van der Waals surface area (Å²) in [5, 5.41) is 11.5. The summed E-state index contributed by atoms with van der Waals surface area (Å²) in [5.74, 6) is -0.461. The van der Waals surface area contributed by atoms with Crippen molar-refractivity contribution < 1.29 is 14.4 Å². The van der Waals surface area contributed by atoms with Crippen molar-refractivity contribution in [1.29, 1.82) is 0 Å². The number of rotatable bonds is 9. The molecule has 0 atom stereocenters. The van der Waals surface area contributed by atoms with Crippen molar-refractivity contribution in [2.75, 3.05) is 27.8 Å². The molecule has 0 aliphatic carbocycles. The van der Waals surface area contributed by atoms with E-state index in [9.17, 15) is 14.4 Å². The Morgan fingerprint density at radius 3 is 1.97 bits per heavy atom. The third-order valence-corrected chi connectivity index (χ3v) is 4.54. The van der Waals surface area contributed by atoms with Gasteiger partial charge in [-0.15, -0.1) is 0 Å². The molecule has 32 heavy (non-hydrogen) atoms. The molecule has 164 valence electrons. The largest absolute Gasteiger partial charge is 0.376 e. The SMILES string of the molecule is CCCC(=O)Nc1ccc(NCC(=O)Nc2cccc(NC(=O)c3ccccc3)c2)cc1. The Morgan fingerprint density at radius 1 is 0.656 bits per heavy atom. The number of carbonyl (C=O) groups is 3. The van der Waals surface area contributed by atoms with Crippen LogP contribution in [0.15, 0.2) is 78.9 Å². The van der Waals surface area contributed by atoms with Crippen molar-refractivity contribution in [3.05, 3.63) is 84.4 Å². The molecule has 7 heteroatoms. The van der Waals surface area contributed by atoms with Crippen LogP contribution in [0.3, 0.4) is 0 Å². The highest BCUT2D eigenvalue weighted by molar-refractivity contribution is 6.04. The Morgan fingerprint density at radius 2 is 1.28 bits per heavy atom. The van der Waals surface area contributed by atoms with E-state index in [-0.39, 0.29) is 24.3 Å². The minimum absolute atomic E-state index is 0.0187. The second-order valence-electron chi connectivity index (χ2n) is 7.18. The maximum absolute atomic E-state index is 12.3. The summed E-state index contributed by atoms with van der Waals surface area (Å²) in [5.41, 5.74) is 3.20. The van der Waals surface area contributed by atoms with Gasteiger partial charge in [0.1, 0.15) is 0 Å². The zero-order chi connectivity index (χ0) is 22.8. The van der Waals surface area contributed by atoms with E-state index in [0.717, 1.165) is 12.1 Å². The van der Waals surface area contributed by atoms with Gasteiger partial charge >= 0.3 is 0 Å². The van der Waals surface area contributed by atoms with E-state index in [1.54, 1.807) is 72.8 Å². The lowest BCUT2D eigenvalue weighted by molar-refractivity contribution is -0.116. The highest BCUT2D eigenvalue weighted by Gasteiger charge is 2.07. The fourth-order valence-electron chi connectivity index (χ4n) is 2.98. The van der Waals surface area contributed by atoms with Crippen LogP contribution in [-0.4, -0.2) is 24.3 Å². The van der Waals surface area contributed by atoms with Crippen molar-refractivity contribution in [3.8, 4) is 0 Å². The van der Waals surface area contributed by atoms with Gasteiger partial charge in [0.2, 0.25) is 11.8 Å². The fraction of sp³-hybridized carbons (Fsp3) is 0.160. The highest BCUT2D eigenvalue weighted by atomic mass is 16.2. The molecule has 3 aromatic rings. The van der Waals surface area contributed by atoms with Gasteiger partial charge in [0.05, 0.1) is 6.54 Å². The Hall–Kier alpha value is -4.13. The molecular weight excluding hydrogens is 404 g/mol. The first-order valence-corrected chi connectivity index (χ1v) is 10.4. The summed E-state index contributed by atoms with van der Waals surface area (Å²) in [6.07, 6.45) is 1.28. The summed E-state index contributed by atoms with van der Waals surface area (Å²) >= 11 is 0. The zero-order valence-corrected chi connectivity index (χ0v) is 17.9. The number of amides is 3. The lowest BCUT2D eigenvalue weighted by Gasteiger charge is -2.11. The van der Waals surface area contributed by atoms with E-state index < -0.39 is 0 Å². The van der Waals surface area contributed by atoms with Crippen LogP contribution in [0.25, 0.3) is 0 Å². The normalized spacial score (nSPS) is 10.2.